The van der Waals surface area contributed by atoms with Gasteiger partial charge in [-0.25, -0.2) is 0 Å². The smallest absolute Gasteiger partial charge is 0.270 e. The summed E-state index contributed by atoms with van der Waals surface area (Å²) >= 11 is 3.45. The first-order valence-electron chi connectivity index (χ1n) is 7.33. The highest BCUT2D eigenvalue weighted by molar-refractivity contribution is 9.10. The molecule has 0 saturated carbocycles. The second-order valence-electron chi connectivity index (χ2n) is 5.73. The third-order valence-corrected chi connectivity index (χ3v) is 4.37. The minimum atomic E-state index is -0.0423. The van der Waals surface area contributed by atoms with Gasteiger partial charge in [0.15, 0.2) is 0 Å². The van der Waals surface area contributed by atoms with E-state index in [0.717, 1.165) is 36.7 Å². The molecule has 0 bridgehead atoms. The monoisotopic (exact) mass is 342 g/mol. The van der Waals surface area contributed by atoms with Gasteiger partial charge in [-0.1, -0.05) is 12.8 Å². The summed E-state index contributed by atoms with van der Waals surface area (Å²) in [7, 11) is 0. The summed E-state index contributed by atoms with van der Waals surface area (Å²) in [5.41, 5.74) is 0.701. The molecule has 1 aliphatic rings. The predicted molar refractivity (Wildman–Crippen MR) is 82.9 cm³/mol. The summed E-state index contributed by atoms with van der Waals surface area (Å²) in [6.45, 7) is 4.92. The summed E-state index contributed by atoms with van der Waals surface area (Å²) in [4.78, 5) is 14.7. The third-order valence-electron chi connectivity index (χ3n) is 3.94. The fourth-order valence-corrected chi connectivity index (χ4v) is 3.26. The summed E-state index contributed by atoms with van der Waals surface area (Å²) in [5.74, 6) is 0.0327. The number of nitrogens with zero attached hydrogens (tertiary/aromatic N) is 2. The highest BCUT2D eigenvalue weighted by Gasteiger charge is 2.28. The Morgan fingerprint density at radius 3 is 2.85 bits per heavy atom. The van der Waals surface area contributed by atoms with Crippen LogP contribution in [0.1, 0.15) is 56.1 Å². The lowest BCUT2D eigenvalue weighted by Gasteiger charge is -2.29. The molecule has 112 valence electrons. The molecule has 20 heavy (non-hydrogen) atoms. The van der Waals surface area contributed by atoms with E-state index in [4.69, 9.17) is 0 Å². The molecule has 1 N–H and O–H groups in total. The van der Waals surface area contributed by atoms with E-state index in [2.05, 4.69) is 29.8 Å². The van der Waals surface area contributed by atoms with E-state index in [-0.39, 0.29) is 24.6 Å². The van der Waals surface area contributed by atoms with Gasteiger partial charge in [-0.05, 0) is 48.7 Å². The normalized spacial score (nSPS) is 20.2. The van der Waals surface area contributed by atoms with E-state index >= 15 is 0 Å². The lowest BCUT2D eigenvalue weighted by Crippen LogP contribution is -2.42. The van der Waals surface area contributed by atoms with Gasteiger partial charge in [0.1, 0.15) is 5.69 Å². The van der Waals surface area contributed by atoms with Crippen LogP contribution in [0.5, 0.6) is 0 Å². The van der Waals surface area contributed by atoms with Crippen LogP contribution in [0.4, 0.5) is 0 Å². The van der Waals surface area contributed by atoms with Crippen LogP contribution in [0, 0.1) is 0 Å². The van der Waals surface area contributed by atoms with Gasteiger partial charge >= 0.3 is 0 Å². The van der Waals surface area contributed by atoms with E-state index in [1.807, 2.05) is 21.7 Å². The van der Waals surface area contributed by atoms with Gasteiger partial charge in [0.05, 0.1) is 12.6 Å². The molecule has 1 aliphatic heterocycles. The number of aliphatic hydroxyl groups excluding tert-OH is 1. The average Bonchev–Trinajstić information content (AvgIpc) is 2.67. The van der Waals surface area contributed by atoms with Crippen molar-refractivity contribution < 1.29 is 9.90 Å². The zero-order valence-corrected chi connectivity index (χ0v) is 13.8. The number of amides is 1. The number of halogens is 1. The van der Waals surface area contributed by atoms with Gasteiger partial charge < -0.3 is 14.6 Å². The van der Waals surface area contributed by atoms with Crippen molar-refractivity contribution in [3.05, 3.63) is 22.4 Å². The number of aliphatic hydroxyl groups is 1. The fourth-order valence-electron chi connectivity index (χ4n) is 2.83. The van der Waals surface area contributed by atoms with Gasteiger partial charge in [0, 0.05) is 23.3 Å². The average molecular weight is 343 g/mol. The molecule has 0 aliphatic carbocycles. The lowest BCUT2D eigenvalue weighted by molar-refractivity contribution is 0.0587. The van der Waals surface area contributed by atoms with Gasteiger partial charge in [-0.2, -0.15) is 0 Å². The lowest BCUT2D eigenvalue weighted by atomic mass is 10.1. The Morgan fingerprint density at radius 2 is 2.20 bits per heavy atom. The maximum absolute atomic E-state index is 12.8. The topological polar surface area (TPSA) is 45.5 Å². The molecule has 1 fully saturated rings. The van der Waals surface area contributed by atoms with Crippen molar-refractivity contribution in [1.82, 2.24) is 9.47 Å². The Morgan fingerprint density at radius 1 is 1.45 bits per heavy atom. The summed E-state index contributed by atoms with van der Waals surface area (Å²) in [6.07, 6.45) is 6.08. The molecule has 5 heteroatoms. The number of hydrogen-bond acceptors (Lipinski definition) is 2. The molecule has 4 nitrogen and oxygen atoms in total. The molecule has 0 aromatic carbocycles. The van der Waals surface area contributed by atoms with Gasteiger partial charge in [0.2, 0.25) is 0 Å². The highest BCUT2D eigenvalue weighted by Crippen LogP contribution is 2.24. The molecule has 1 saturated heterocycles. The van der Waals surface area contributed by atoms with Crippen molar-refractivity contribution in [1.29, 1.82) is 0 Å². The van der Waals surface area contributed by atoms with Crippen molar-refractivity contribution in [2.24, 2.45) is 0 Å². The van der Waals surface area contributed by atoms with Crippen LogP contribution in [0.3, 0.4) is 0 Å². The Labute approximate surface area is 128 Å². The van der Waals surface area contributed by atoms with Crippen molar-refractivity contribution in [2.45, 2.75) is 51.6 Å². The van der Waals surface area contributed by atoms with Crippen molar-refractivity contribution in [2.75, 3.05) is 13.2 Å². The van der Waals surface area contributed by atoms with Crippen LogP contribution < -0.4 is 0 Å². The molecule has 1 unspecified atom stereocenters. The van der Waals surface area contributed by atoms with E-state index < -0.39 is 0 Å². The van der Waals surface area contributed by atoms with E-state index in [0.29, 0.717) is 5.69 Å². The zero-order chi connectivity index (χ0) is 14.7. The molecular weight excluding hydrogens is 320 g/mol. The first kappa shape index (κ1) is 15.6. The van der Waals surface area contributed by atoms with E-state index in [1.54, 1.807) is 0 Å². The predicted octanol–water partition coefficient (Wildman–Crippen LogP) is 3.21. The molecule has 0 spiro atoms. The Kier molecular flexibility index (Phi) is 5.27. The second-order valence-corrected chi connectivity index (χ2v) is 6.64. The largest absolute Gasteiger partial charge is 0.394 e. The highest BCUT2D eigenvalue weighted by atomic mass is 79.9. The van der Waals surface area contributed by atoms with E-state index in [1.165, 1.54) is 0 Å². The molecule has 2 rings (SSSR count). The third kappa shape index (κ3) is 3.26. The number of carbonyl (C=O) groups excluding carboxylic acids is 1. The van der Waals surface area contributed by atoms with Crippen molar-refractivity contribution >= 4 is 21.8 Å². The SMILES string of the molecule is CC(C)n1cc(Br)cc1C(=O)N1CCCCCC1CO. The van der Waals surface area contributed by atoms with E-state index in [9.17, 15) is 9.90 Å². The summed E-state index contributed by atoms with van der Waals surface area (Å²) < 4.78 is 2.91. The molecule has 1 amide bonds. The standard InChI is InChI=1S/C15H23BrN2O2/c1-11(2)18-9-12(16)8-14(18)15(20)17-7-5-3-4-6-13(17)10-19/h8-9,11,13,19H,3-7,10H2,1-2H3. The van der Waals surface area contributed by atoms with Crippen LogP contribution in [0.2, 0.25) is 0 Å². The number of hydrogen-bond donors (Lipinski definition) is 1. The number of carbonyl (C=O) groups is 1. The van der Waals surface area contributed by atoms with Crippen LogP contribution in [0.15, 0.2) is 16.7 Å². The molecular formula is C15H23BrN2O2. The maximum atomic E-state index is 12.8. The van der Waals surface area contributed by atoms with Crippen LogP contribution >= 0.6 is 15.9 Å². The summed E-state index contributed by atoms with van der Waals surface area (Å²) in [6, 6.07) is 2.07. The molecule has 0 radical (unpaired) electrons. The Bertz CT molecular complexity index is 470. The minimum Gasteiger partial charge on any atom is -0.394 e. The summed E-state index contributed by atoms with van der Waals surface area (Å²) in [5, 5.41) is 9.56. The van der Waals surface area contributed by atoms with Gasteiger partial charge in [0.25, 0.3) is 5.91 Å². The van der Waals surface area contributed by atoms with Crippen LogP contribution in [-0.2, 0) is 0 Å². The first-order valence-corrected chi connectivity index (χ1v) is 8.13. The molecule has 1 aromatic heterocycles. The molecule has 1 atom stereocenters. The van der Waals surface area contributed by atoms with Crippen LogP contribution in [-0.4, -0.2) is 39.7 Å². The van der Waals surface area contributed by atoms with Crippen molar-refractivity contribution in [3.8, 4) is 0 Å². The van der Waals surface area contributed by atoms with Crippen molar-refractivity contribution in [3.63, 3.8) is 0 Å². The first-order chi connectivity index (χ1) is 9.54. The Hall–Kier alpha value is -0.810. The quantitative estimate of drug-likeness (QED) is 0.916. The van der Waals surface area contributed by atoms with Gasteiger partial charge in [-0.15, -0.1) is 0 Å². The van der Waals surface area contributed by atoms with Crippen LogP contribution in [0.25, 0.3) is 0 Å². The Balaban J connectivity index is 2.29. The second kappa shape index (κ2) is 6.76. The maximum Gasteiger partial charge on any atom is 0.270 e. The zero-order valence-electron chi connectivity index (χ0n) is 12.2. The van der Waals surface area contributed by atoms with Gasteiger partial charge in [-0.3, -0.25) is 4.79 Å². The molecule has 2 heterocycles. The minimum absolute atomic E-state index is 0.0327. The number of rotatable bonds is 3. The molecule has 1 aromatic rings. The fraction of sp³-hybridized carbons (Fsp3) is 0.667. The number of likely N-dealkylation sites (tertiary alicyclic amines) is 1. The number of aromatic nitrogens is 1.